The average Bonchev–Trinajstić information content (AvgIpc) is 2.47. The third-order valence-electron chi connectivity index (χ3n) is 4.38. The second-order valence-electron chi connectivity index (χ2n) is 6.16. The minimum absolute atomic E-state index is 0.0882. The van der Waals surface area contributed by atoms with E-state index < -0.39 is 0 Å². The van der Waals surface area contributed by atoms with Gasteiger partial charge in [0.1, 0.15) is 0 Å². The van der Waals surface area contributed by atoms with Crippen molar-refractivity contribution in [1.82, 2.24) is 4.90 Å². The Hall–Kier alpha value is -1.62. The predicted octanol–water partition coefficient (Wildman–Crippen LogP) is 2.28. The van der Waals surface area contributed by atoms with Crippen molar-refractivity contribution < 1.29 is 4.79 Å². The molecular formula is C16H23N3OS. The molecule has 1 aliphatic rings. The standard InChI is InChI=1S/C16H23N3OS/c1-16(15(17)21)8-10-19(11-9-16)14(20)12-4-6-13(7-5-12)18(2)3/h4-7H,8-11H2,1-3H3,(H2,17,21). The number of carbonyl (C=O) groups is 1. The van der Waals surface area contributed by atoms with Crippen LogP contribution in [0.2, 0.25) is 0 Å². The van der Waals surface area contributed by atoms with Crippen molar-refractivity contribution >= 4 is 28.8 Å². The Morgan fingerprint density at radius 1 is 1.24 bits per heavy atom. The molecule has 0 aromatic heterocycles. The maximum absolute atomic E-state index is 12.5. The summed E-state index contributed by atoms with van der Waals surface area (Å²) in [7, 11) is 3.97. The number of rotatable bonds is 3. The van der Waals surface area contributed by atoms with E-state index in [0.717, 1.165) is 24.1 Å². The van der Waals surface area contributed by atoms with E-state index in [9.17, 15) is 4.79 Å². The Bertz CT molecular complexity index is 531. The number of anilines is 1. The fourth-order valence-electron chi connectivity index (χ4n) is 2.53. The van der Waals surface area contributed by atoms with E-state index in [1.807, 2.05) is 48.2 Å². The third-order valence-corrected chi connectivity index (χ3v) is 4.87. The van der Waals surface area contributed by atoms with Crippen LogP contribution in [0.1, 0.15) is 30.1 Å². The van der Waals surface area contributed by atoms with Gasteiger partial charge < -0.3 is 15.5 Å². The summed E-state index contributed by atoms with van der Waals surface area (Å²) in [6.07, 6.45) is 1.67. The molecule has 1 amide bonds. The highest BCUT2D eigenvalue weighted by Gasteiger charge is 2.34. The fourth-order valence-corrected chi connectivity index (χ4v) is 2.74. The minimum Gasteiger partial charge on any atom is -0.393 e. The third kappa shape index (κ3) is 3.35. The first-order valence-corrected chi connectivity index (χ1v) is 7.61. The van der Waals surface area contributed by atoms with Crippen LogP contribution in [0.25, 0.3) is 0 Å². The van der Waals surface area contributed by atoms with Crippen molar-refractivity contribution in [3.8, 4) is 0 Å². The summed E-state index contributed by atoms with van der Waals surface area (Å²) in [5.74, 6) is 0.0882. The quantitative estimate of drug-likeness (QED) is 0.871. The molecule has 1 saturated heterocycles. The van der Waals surface area contributed by atoms with Gasteiger partial charge in [-0.15, -0.1) is 0 Å². The number of amides is 1. The summed E-state index contributed by atoms with van der Waals surface area (Å²) in [6, 6.07) is 7.71. The van der Waals surface area contributed by atoms with Gasteiger partial charge in [0.05, 0.1) is 4.99 Å². The molecule has 1 aliphatic heterocycles. The van der Waals surface area contributed by atoms with Crippen LogP contribution in [0.15, 0.2) is 24.3 Å². The number of benzene rings is 1. The van der Waals surface area contributed by atoms with Crippen LogP contribution >= 0.6 is 12.2 Å². The van der Waals surface area contributed by atoms with Crippen LogP contribution in [0.3, 0.4) is 0 Å². The Morgan fingerprint density at radius 3 is 2.19 bits per heavy atom. The molecule has 1 aromatic carbocycles. The topological polar surface area (TPSA) is 49.6 Å². The molecular weight excluding hydrogens is 282 g/mol. The second-order valence-corrected chi connectivity index (χ2v) is 6.60. The fraction of sp³-hybridized carbons (Fsp3) is 0.500. The molecule has 5 heteroatoms. The molecule has 0 spiro atoms. The molecule has 21 heavy (non-hydrogen) atoms. The van der Waals surface area contributed by atoms with Crippen LogP contribution in [0.4, 0.5) is 5.69 Å². The van der Waals surface area contributed by atoms with E-state index in [-0.39, 0.29) is 11.3 Å². The molecule has 0 bridgehead atoms. The van der Waals surface area contributed by atoms with Gasteiger partial charge in [0.15, 0.2) is 0 Å². The number of hydrogen-bond acceptors (Lipinski definition) is 3. The van der Waals surface area contributed by atoms with Crippen LogP contribution in [-0.2, 0) is 0 Å². The molecule has 4 nitrogen and oxygen atoms in total. The van der Waals surface area contributed by atoms with Gasteiger partial charge in [0.25, 0.3) is 5.91 Å². The number of piperidine rings is 1. The molecule has 2 rings (SSSR count). The second kappa shape index (κ2) is 6.02. The number of thiocarbonyl (C=S) groups is 1. The molecule has 0 aliphatic carbocycles. The lowest BCUT2D eigenvalue weighted by Gasteiger charge is -2.38. The lowest BCUT2D eigenvalue weighted by molar-refractivity contribution is 0.0670. The summed E-state index contributed by atoms with van der Waals surface area (Å²) >= 11 is 5.14. The molecule has 0 radical (unpaired) electrons. The zero-order valence-corrected chi connectivity index (χ0v) is 13.7. The van der Waals surface area contributed by atoms with Gasteiger partial charge in [-0.2, -0.15) is 0 Å². The average molecular weight is 305 g/mol. The molecule has 0 atom stereocenters. The van der Waals surface area contributed by atoms with E-state index >= 15 is 0 Å². The minimum atomic E-state index is -0.110. The van der Waals surface area contributed by atoms with Crippen LogP contribution in [0, 0.1) is 5.41 Å². The predicted molar refractivity (Wildman–Crippen MR) is 90.8 cm³/mol. The number of nitrogens with zero attached hydrogens (tertiary/aromatic N) is 2. The van der Waals surface area contributed by atoms with Crippen LogP contribution in [-0.4, -0.2) is 43.0 Å². The van der Waals surface area contributed by atoms with Crippen molar-refractivity contribution in [2.45, 2.75) is 19.8 Å². The van der Waals surface area contributed by atoms with Gasteiger partial charge in [-0.25, -0.2) is 0 Å². The Labute approximate surface area is 131 Å². The molecule has 1 heterocycles. The van der Waals surface area contributed by atoms with E-state index in [1.54, 1.807) is 0 Å². The first kappa shape index (κ1) is 15.8. The summed E-state index contributed by atoms with van der Waals surface area (Å²) in [6.45, 7) is 3.51. The Kier molecular flexibility index (Phi) is 4.52. The Balaban J connectivity index is 2.03. The maximum atomic E-state index is 12.5. The van der Waals surface area contributed by atoms with Crippen molar-refractivity contribution in [2.24, 2.45) is 11.1 Å². The monoisotopic (exact) mass is 305 g/mol. The molecule has 2 N–H and O–H groups in total. The van der Waals surface area contributed by atoms with Gasteiger partial charge >= 0.3 is 0 Å². The van der Waals surface area contributed by atoms with Gasteiger partial charge in [0, 0.05) is 43.9 Å². The number of nitrogens with two attached hydrogens (primary N) is 1. The van der Waals surface area contributed by atoms with Gasteiger partial charge in [0.2, 0.25) is 0 Å². The molecule has 0 unspecified atom stereocenters. The summed E-state index contributed by atoms with van der Waals surface area (Å²) < 4.78 is 0. The molecule has 114 valence electrons. The number of hydrogen-bond donors (Lipinski definition) is 1. The lowest BCUT2D eigenvalue weighted by atomic mass is 9.80. The summed E-state index contributed by atoms with van der Waals surface area (Å²) in [5, 5.41) is 0. The van der Waals surface area contributed by atoms with E-state index in [1.165, 1.54) is 0 Å². The summed E-state index contributed by atoms with van der Waals surface area (Å²) in [5.41, 5.74) is 7.52. The summed E-state index contributed by atoms with van der Waals surface area (Å²) in [4.78, 5) is 17.0. The number of carbonyl (C=O) groups excluding carboxylic acids is 1. The van der Waals surface area contributed by atoms with Crippen LogP contribution in [0.5, 0.6) is 0 Å². The lowest BCUT2D eigenvalue weighted by Crippen LogP contribution is -2.46. The van der Waals surface area contributed by atoms with Crippen molar-refractivity contribution in [1.29, 1.82) is 0 Å². The first-order chi connectivity index (χ1) is 9.83. The van der Waals surface area contributed by atoms with Gasteiger partial charge in [-0.3, -0.25) is 4.79 Å². The van der Waals surface area contributed by atoms with Crippen molar-refractivity contribution in [2.75, 3.05) is 32.1 Å². The first-order valence-electron chi connectivity index (χ1n) is 7.20. The van der Waals surface area contributed by atoms with E-state index in [2.05, 4.69) is 6.92 Å². The van der Waals surface area contributed by atoms with Crippen molar-refractivity contribution in [3.05, 3.63) is 29.8 Å². The van der Waals surface area contributed by atoms with E-state index in [0.29, 0.717) is 18.1 Å². The van der Waals surface area contributed by atoms with Gasteiger partial charge in [-0.05, 0) is 37.1 Å². The van der Waals surface area contributed by atoms with E-state index in [4.69, 9.17) is 18.0 Å². The smallest absolute Gasteiger partial charge is 0.253 e. The highest BCUT2D eigenvalue weighted by atomic mass is 32.1. The highest BCUT2D eigenvalue weighted by Crippen LogP contribution is 2.31. The van der Waals surface area contributed by atoms with Crippen molar-refractivity contribution in [3.63, 3.8) is 0 Å². The normalized spacial score (nSPS) is 17.4. The zero-order chi connectivity index (χ0) is 15.6. The maximum Gasteiger partial charge on any atom is 0.253 e. The number of likely N-dealkylation sites (tertiary alicyclic amines) is 1. The van der Waals surface area contributed by atoms with Gasteiger partial charge in [-0.1, -0.05) is 19.1 Å². The Morgan fingerprint density at radius 2 is 1.76 bits per heavy atom. The SMILES string of the molecule is CN(C)c1ccc(C(=O)N2CCC(C)(C(N)=S)CC2)cc1. The van der Waals surface area contributed by atoms with Crippen LogP contribution < -0.4 is 10.6 Å². The molecule has 1 fully saturated rings. The largest absolute Gasteiger partial charge is 0.393 e. The molecule has 0 saturated carbocycles. The zero-order valence-electron chi connectivity index (χ0n) is 12.9. The highest BCUT2D eigenvalue weighted by molar-refractivity contribution is 7.80. The molecule has 1 aromatic rings.